The van der Waals surface area contributed by atoms with Crippen LogP contribution in [-0.2, 0) is 0 Å². The maximum absolute atomic E-state index is 10.2. The summed E-state index contributed by atoms with van der Waals surface area (Å²) in [6.45, 7) is 0. The first-order valence-corrected chi connectivity index (χ1v) is 7.91. The summed E-state index contributed by atoms with van der Waals surface area (Å²) in [5, 5.41) is 20.0. The lowest BCUT2D eigenvalue weighted by Crippen LogP contribution is -2.18. The van der Waals surface area contributed by atoms with Crippen LogP contribution in [0.25, 0.3) is 0 Å². The van der Waals surface area contributed by atoms with E-state index in [9.17, 15) is 10.2 Å². The Bertz CT molecular complexity index is 367. The molecule has 0 spiro atoms. The smallest absolute Gasteiger partial charge is 0.0723 e. The summed E-state index contributed by atoms with van der Waals surface area (Å²) in [4.78, 5) is 0. The van der Waals surface area contributed by atoms with E-state index in [2.05, 4.69) is 18.2 Å². The summed E-state index contributed by atoms with van der Waals surface area (Å²) in [7, 11) is 0. The average molecular weight is 262 g/mol. The van der Waals surface area contributed by atoms with Gasteiger partial charge in [-0.3, -0.25) is 0 Å². The lowest BCUT2D eigenvalue weighted by atomic mass is 9.80. The van der Waals surface area contributed by atoms with Crippen LogP contribution in [0.2, 0.25) is 0 Å². The summed E-state index contributed by atoms with van der Waals surface area (Å²) < 4.78 is 0. The van der Waals surface area contributed by atoms with Gasteiger partial charge in [0.15, 0.2) is 0 Å². The van der Waals surface area contributed by atoms with Gasteiger partial charge in [0.1, 0.15) is 0 Å². The molecule has 4 atom stereocenters. The van der Waals surface area contributed by atoms with Gasteiger partial charge in [0.2, 0.25) is 0 Å². The Kier molecular flexibility index (Phi) is 3.81. The SMILES string of the molecule is OC1CC2CC=CC2(/C=C/[C@@H](O)CC2CCCC2)C1. The molecule has 19 heavy (non-hydrogen) atoms. The molecule has 0 saturated heterocycles. The first kappa shape index (κ1) is 13.4. The number of hydrogen-bond donors (Lipinski definition) is 2. The van der Waals surface area contributed by atoms with Gasteiger partial charge in [0, 0.05) is 5.41 Å². The number of rotatable bonds is 4. The minimum atomic E-state index is -0.301. The number of aliphatic hydroxyl groups excluding tert-OH is 2. The molecule has 0 radical (unpaired) electrons. The van der Waals surface area contributed by atoms with Crippen molar-refractivity contribution in [1.82, 2.24) is 0 Å². The van der Waals surface area contributed by atoms with E-state index in [1.807, 2.05) is 6.08 Å². The molecule has 2 nitrogen and oxygen atoms in total. The highest BCUT2D eigenvalue weighted by Gasteiger charge is 2.45. The Morgan fingerprint density at radius 1 is 1.32 bits per heavy atom. The van der Waals surface area contributed by atoms with Crippen molar-refractivity contribution in [1.29, 1.82) is 0 Å². The van der Waals surface area contributed by atoms with Crippen molar-refractivity contribution >= 4 is 0 Å². The molecular weight excluding hydrogens is 236 g/mol. The normalized spacial score (nSPS) is 40.3. The molecular formula is C17H26O2. The average Bonchev–Trinajstić information content (AvgIpc) is 3.02. The van der Waals surface area contributed by atoms with Gasteiger partial charge in [-0.15, -0.1) is 0 Å². The number of aliphatic hydroxyl groups is 2. The van der Waals surface area contributed by atoms with E-state index >= 15 is 0 Å². The molecule has 3 rings (SSSR count). The van der Waals surface area contributed by atoms with Gasteiger partial charge in [-0.05, 0) is 37.5 Å². The van der Waals surface area contributed by atoms with Crippen LogP contribution in [0.3, 0.4) is 0 Å². The third-order valence-corrected chi connectivity index (χ3v) is 5.43. The molecule has 106 valence electrons. The van der Waals surface area contributed by atoms with Crippen molar-refractivity contribution < 1.29 is 10.2 Å². The summed E-state index contributed by atoms with van der Waals surface area (Å²) >= 11 is 0. The largest absolute Gasteiger partial charge is 0.393 e. The van der Waals surface area contributed by atoms with E-state index in [-0.39, 0.29) is 17.6 Å². The summed E-state index contributed by atoms with van der Waals surface area (Å²) in [6.07, 6.45) is 17.2. The summed E-state index contributed by atoms with van der Waals surface area (Å²) in [5.74, 6) is 1.28. The Hall–Kier alpha value is -0.600. The monoisotopic (exact) mass is 262 g/mol. The first-order valence-electron chi connectivity index (χ1n) is 7.91. The Balaban J connectivity index is 1.60. The highest BCUT2D eigenvalue weighted by atomic mass is 16.3. The second kappa shape index (κ2) is 5.41. The minimum Gasteiger partial charge on any atom is -0.393 e. The lowest BCUT2D eigenvalue weighted by Gasteiger charge is -2.24. The minimum absolute atomic E-state index is 0.0378. The van der Waals surface area contributed by atoms with E-state index in [1.54, 1.807) is 0 Å². The number of allylic oxidation sites excluding steroid dienone is 3. The fourth-order valence-corrected chi connectivity index (χ4v) is 4.39. The van der Waals surface area contributed by atoms with E-state index in [0.717, 1.165) is 31.6 Å². The van der Waals surface area contributed by atoms with E-state index in [0.29, 0.717) is 5.92 Å². The second-order valence-corrected chi connectivity index (χ2v) is 6.85. The lowest BCUT2D eigenvalue weighted by molar-refractivity contribution is 0.172. The standard InChI is InChI=1S/C17H26O2/c18-15(10-13-4-1-2-5-13)7-9-17-8-3-6-14(17)11-16(19)12-17/h3,7-9,13-16,18-19H,1-2,4-6,10-12H2/b9-7+/t14?,15-,16?,17?/m1/s1. The molecule has 2 saturated carbocycles. The summed E-state index contributed by atoms with van der Waals surface area (Å²) in [6, 6.07) is 0. The molecule has 0 aromatic rings. The molecule has 3 aliphatic rings. The topological polar surface area (TPSA) is 40.5 Å². The van der Waals surface area contributed by atoms with Crippen molar-refractivity contribution in [2.45, 2.75) is 63.6 Å². The van der Waals surface area contributed by atoms with E-state index in [1.165, 1.54) is 25.7 Å². The zero-order valence-electron chi connectivity index (χ0n) is 11.7. The van der Waals surface area contributed by atoms with E-state index < -0.39 is 0 Å². The Labute approximate surface area is 116 Å². The van der Waals surface area contributed by atoms with Crippen molar-refractivity contribution in [3.05, 3.63) is 24.3 Å². The maximum atomic E-state index is 10.2. The zero-order valence-corrected chi connectivity index (χ0v) is 11.7. The van der Waals surface area contributed by atoms with Gasteiger partial charge in [0.05, 0.1) is 12.2 Å². The van der Waals surface area contributed by atoms with Crippen molar-refractivity contribution in [2.24, 2.45) is 17.3 Å². The molecule has 0 bridgehead atoms. The highest BCUT2D eigenvalue weighted by molar-refractivity contribution is 5.24. The van der Waals surface area contributed by atoms with Gasteiger partial charge in [-0.1, -0.05) is 50.0 Å². The molecule has 0 aromatic heterocycles. The molecule has 0 heterocycles. The second-order valence-electron chi connectivity index (χ2n) is 6.85. The van der Waals surface area contributed by atoms with E-state index in [4.69, 9.17) is 0 Å². The fraction of sp³-hybridized carbons (Fsp3) is 0.765. The van der Waals surface area contributed by atoms with Gasteiger partial charge in [-0.2, -0.15) is 0 Å². The van der Waals surface area contributed by atoms with Gasteiger partial charge in [0.25, 0.3) is 0 Å². The van der Waals surface area contributed by atoms with Crippen LogP contribution in [-0.4, -0.2) is 22.4 Å². The highest BCUT2D eigenvalue weighted by Crippen LogP contribution is 2.51. The number of fused-ring (bicyclic) bond motifs is 1. The van der Waals surface area contributed by atoms with Gasteiger partial charge in [-0.25, -0.2) is 0 Å². The maximum Gasteiger partial charge on any atom is 0.0723 e. The molecule has 0 aromatic carbocycles. The van der Waals surface area contributed by atoms with Crippen molar-refractivity contribution in [2.75, 3.05) is 0 Å². The fourth-order valence-electron chi connectivity index (χ4n) is 4.39. The van der Waals surface area contributed by atoms with Crippen molar-refractivity contribution in [3.63, 3.8) is 0 Å². The molecule has 3 unspecified atom stereocenters. The molecule has 0 aliphatic heterocycles. The van der Waals surface area contributed by atoms with Crippen LogP contribution in [0.4, 0.5) is 0 Å². The summed E-state index contributed by atoms with van der Waals surface area (Å²) in [5.41, 5.74) is 0.0378. The van der Waals surface area contributed by atoms with Crippen LogP contribution < -0.4 is 0 Å². The number of hydrogen-bond acceptors (Lipinski definition) is 2. The van der Waals surface area contributed by atoms with Gasteiger partial charge < -0.3 is 10.2 Å². The predicted octanol–water partition coefficient (Wildman–Crippen LogP) is 3.20. The van der Waals surface area contributed by atoms with Crippen LogP contribution in [0.15, 0.2) is 24.3 Å². The molecule has 3 aliphatic carbocycles. The zero-order chi connectivity index (χ0) is 13.3. The Morgan fingerprint density at radius 2 is 2.11 bits per heavy atom. The van der Waals surface area contributed by atoms with Crippen LogP contribution >= 0.6 is 0 Å². The molecule has 2 N–H and O–H groups in total. The molecule has 2 heteroatoms. The molecule has 2 fully saturated rings. The van der Waals surface area contributed by atoms with Crippen molar-refractivity contribution in [3.8, 4) is 0 Å². The molecule has 0 amide bonds. The van der Waals surface area contributed by atoms with Crippen LogP contribution in [0, 0.1) is 17.3 Å². The Morgan fingerprint density at radius 3 is 2.89 bits per heavy atom. The van der Waals surface area contributed by atoms with Crippen LogP contribution in [0.5, 0.6) is 0 Å². The third kappa shape index (κ3) is 2.80. The van der Waals surface area contributed by atoms with Crippen LogP contribution in [0.1, 0.15) is 51.4 Å². The third-order valence-electron chi connectivity index (χ3n) is 5.43. The van der Waals surface area contributed by atoms with Gasteiger partial charge >= 0.3 is 0 Å². The predicted molar refractivity (Wildman–Crippen MR) is 76.6 cm³/mol. The quantitative estimate of drug-likeness (QED) is 0.764. The first-order chi connectivity index (χ1) is 9.18.